The molecule has 0 aromatic heterocycles. The van der Waals surface area contributed by atoms with Crippen LogP contribution in [0.15, 0.2) is 0 Å². The zero-order valence-electron chi connectivity index (χ0n) is 19.5. The molecular weight excluding hydrogens is 399 g/mol. The van der Waals surface area contributed by atoms with Gasteiger partial charge in [-0.1, -0.05) is 53.4 Å². The third kappa shape index (κ3) is 8.41. The lowest BCUT2D eigenvalue weighted by molar-refractivity contribution is 0.240. The Morgan fingerprint density at radius 1 is 0.966 bits per heavy atom. The second-order valence-corrected chi connectivity index (χ2v) is 14.9. The highest BCUT2D eigenvalue weighted by Gasteiger charge is 2.35. The molecule has 0 saturated heterocycles. The van der Waals surface area contributed by atoms with Crippen LogP contribution < -0.4 is 0 Å². The first-order valence-electron chi connectivity index (χ1n) is 12.4. The van der Waals surface area contributed by atoms with Crippen molar-refractivity contribution in [3.63, 3.8) is 0 Å². The van der Waals surface area contributed by atoms with Crippen LogP contribution >= 0.6 is 7.92 Å². The minimum atomic E-state index is -3.82. The molecule has 4 unspecified atom stereocenters. The van der Waals surface area contributed by atoms with E-state index < -0.39 is 15.4 Å². The van der Waals surface area contributed by atoms with Crippen molar-refractivity contribution in [1.82, 2.24) is 0 Å². The molecule has 0 heterocycles. The standard InChI is InChI=1S/C24H47O3PS/c1-5-6-16-28(24-18-20(4)10-15-23(24)19(2)3)17-8-7-9-21-11-13-22(14-12-21)29(25,26)27/h19-24H,5-18H2,1-4H3,(H,25,26,27). The molecule has 0 radical (unpaired) electrons. The summed E-state index contributed by atoms with van der Waals surface area (Å²) >= 11 is 0. The monoisotopic (exact) mass is 446 g/mol. The fourth-order valence-electron chi connectivity index (χ4n) is 5.84. The Hall–Kier alpha value is 0.340. The quantitative estimate of drug-likeness (QED) is 0.205. The predicted octanol–water partition coefficient (Wildman–Crippen LogP) is 7.35. The van der Waals surface area contributed by atoms with Gasteiger partial charge in [-0.15, -0.1) is 7.92 Å². The number of unbranched alkanes of at least 4 members (excludes halogenated alkanes) is 2. The van der Waals surface area contributed by atoms with E-state index >= 15 is 0 Å². The Balaban J connectivity index is 1.80. The summed E-state index contributed by atoms with van der Waals surface area (Å²) in [7, 11) is -3.67. The molecule has 1 N–H and O–H groups in total. The largest absolute Gasteiger partial charge is 0.285 e. The lowest BCUT2D eigenvalue weighted by Crippen LogP contribution is -2.32. The van der Waals surface area contributed by atoms with Crippen LogP contribution in [0.5, 0.6) is 0 Å². The van der Waals surface area contributed by atoms with E-state index in [0.29, 0.717) is 18.8 Å². The second kappa shape index (κ2) is 12.4. The summed E-state index contributed by atoms with van der Waals surface area (Å²) < 4.78 is 31.9. The highest BCUT2D eigenvalue weighted by molar-refractivity contribution is 7.86. The van der Waals surface area contributed by atoms with Gasteiger partial charge in [0.1, 0.15) is 0 Å². The summed E-state index contributed by atoms with van der Waals surface area (Å²) in [5, 5.41) is -0.498. The maximum Gasteiger partial charge on any atom is 0.267 e. The van der Waals surface area contributed by atoms with Gasteiger partial charge in [0, 0.05) is 0 Å². The third-order valence-electron chi connectivity index (χ3n) is 7.78. The molecule has 4 atom stereocenters. The van der Waals surface area contributed by atoms with Crippen molar-refractivity contribution >= 4 is 18.0 Å². The maximum absolute atomic E-state index is 11.3. The van der Waals surface area contributed by atoms with Gasteiger partial charge < -0.3 is 0 Å². The fourth-order valence-corrected chi connectivity index (χ4v) is 10.6. The summed E-state index contributed by atoms with van der Waals surface area (Å²) in [6, 6.07) is 0. The minimum absolute atomic E-state index is 0.153. The number of hydrogen-bond acceptors (Lipinski definition) is 2. The van der Waals surface area contributed by atoms with Gasteiger partial charge in [0.15, 0.2) is 0 Å². The summed E-state index contributed by atoms with van der Waals surface area (Å²) in [6.07, 6.45) is 17.2. The molecule has 2 aliphatic carbocycles. The Bertz CT molecular complexity index is 554. The molecule has 3 nitrogen and oxygen atoms in total. The van der Waals surface area contributed by atoms with Crippen LogP contribution in [-0.2, 0) is 10.1 Å². The normalized spacial score (nSPS) is 32.4. The molecule has 2 rings (SSSR count). The first-order chi connectivity index (χ1) is 13.7. The van der Waals surface area contributed by atoms with Crippen molar-refractivity contribution in [3.05, 3.63) is 0 Å². The number of rotatable bonds is 11. The van der Waals surface area contributed by atoms with Crippen LogP contribution in [0.2, 0.25) is 0 Å². The maximum atomic E-state index is 11.3. The Kier molecular flexibility index (Phi) is 10.9. The van der Waals surface area contributed by atoms with Crippen LogP contribution in [0.25, 0.3) is 0 Å². The van der Waals surface area contributed by atoms with Crippen molar-refractivity contribution in [2.75, 3.05) is 12.3 Å². The minimum Gasteiger partial charge on any atom is -0.285 e. The molecule has 5 heteroatoms. The Morgan fingerprint density at radius 2 is 1.62 bits per heavy atom. The molecule has 2 saturated carbocycles. The Morgan fingerprint density at radius 3 is 2.21 bits per heavy atom. The van der Waals surface area contributed by atoms with E-state index in [1.807, 2.05) is 0 Å². The summed E-state index contributed by atoms with van der Waals surface area (Å²) in [5.41, 5.74) is 0.991. The number of hydrogen-bond donors (Lipinski definition) is 1. The van der Waals surface area contributed by atoms with Crippen molar-refractivity contribution in [1.29, 1.82) is 0 Å². The molecule has 0 aromatic carbocycles. The van der Waals surface area contributed by atoms with E-state index in [-0.39, 0.29) is 7.92 Å². The van der Waals surface area contributed by atoms with E-state index in [0.717, 1.165) is 36.3 Å². The molecule has 2 fully saturated rings. The van der Waals surface area contributed by atoms with E-state index in [4.69, 9.17) is 0 Å². The lowest BCUT2D eigenvalue weighted by Gasteiger charge is -2.42. The highest BCUT2D eigenvalue weighted by Crippen LogP contribution is 2.54. The van der Waals surface area contributed by atoms with Gasteiger partial charge in [0.2, 0.25) is 0 Å². The van der Waals surface area contributed by atoms with Gasteiger partial charge >= 0.3 is 0 Å². The smallest absolute Gasteiger partial charge is 0.267 e. The van der Waals surface area contributed by atoms with E-state index in [2.05, 4.69) is 27.7 Å². The van der Waals surface area contributed by atoms with Gasteiger partial charge in [-0.05, 0) is 93.0 Å². The fraction of sp³-hybridized carbons (Fsp3) is 1.00. The molecule has 0 bridgehead atoms. The topological polar surface area (TPSA) is 54.4 Å². The van der Waals surface area contributed by atoms with Crippen molar-refractivity contribution in [3.8, 4) is 0 Å². The van der Waals surface area contributed by atoms with Gasteiger partial charge in [0.05, 0.1) is 5.25 Å². The highest BCUT2D eigenvalue weighted by atomic mass is 32.2. The molecule has 0 aliphatic heterocycles. The Labute approximate surface area is 182 Å². The average molecular weight is 447 g/mol. The average Bonchev–Trinajstić information content (AvgIpc) is 2.66. The first kappa shape index (κ1) is 25.6. The lowest BCUT2D eigenvalue weighted by atomic mass is 9.77. The van der Waals surface area contributed by atoms with Crippen LogP contribution in [0.4, 0.5) is 0 Å². The van der Waals surface area contributed by atoms with Gasteiger partial charge in [-0.25, -0.2) is 0 Å². The molecular formula is C24H47O3PS. The summed E-state index contributed by atoms with van der Waals surface area (Å²) in [4.78, 5) is 0. The van der Waals surface area contributed by atoms with Crippen LogP contribution in [0.3, 0.4) is 0 Å². The SMILES string of the molecule is CCCCP(CCCCC1CCC(S(=O)(=O)O)CC1)C1CC(C)CCC1C(C)C. The van der Waals surface area contributed by atoms with Crippen molar-refractivity contribution in [2.45, 2.75) is 116 Å². The first-order valence-corrected chi connectivity index (χ1v) is 15.7. The molecule has 29 heavy (non-hydrogen) atoms. The predicted molar refractivity (Wildman–Crippen MR) is 128 cm³/mol. The summed E-state index contributed by atoms with van der Waals surface area (Å²) in [6.45, 7) is 9.70. The summed E-state index contributed by atoms with van der Waals surface area (Å²) in [5.74, 6) is 3.37. The molecule has 172 valence electrons. The van der Waals surface area contributed by atoms with Crippen molar-refractivity contribution in [2.24, 2.45) is 23.7 Å². The zero-order valence-corrected chi connectivity index (χ0v) is 21.2. The zero-order chi connectivity index (χ0) is 21.4. The third-order valence-corrected chi connectivity index (χ3v) is 12.4. The molecule has 0 spiro atoms. The van der Waals surface area contributed by atoms with Crippen LogP contribution in [0.1, 0.15) is 105 Å². The van der Waals surface area contributed by atoms with E-state index in [1.54, 1.807) is 0 Å². The molecule has 2 aliphatic rings. The second-order valence-electron chi connectivity index (χ2n) is 10.4. The van der Waals surface area contributed by atoms with Gasteiger partial charge in [-0.3, -0.25) is 4.55 Å². The van der Waals surface area contributed by atoms with Crippen LogP contribution in [-0.4, -0.2) is 36.2 Å². The van der Waals surface area contributed by atoms with Gasteiger partial charge in [0.25, 0.3) is 10.1 Å². The van der Waals surface area contributed by atoms with Crippen molar-refractivity contribution < 1.29 is 13.0 Å². The van der Waals surface area contributed by atoms with Gasteiger partial charge in [-0.2, -0.15) is 8.42 Å². The molecule has 0 aromatic rings. The van der Waals surface area contributed by atoms with E-state index in [1.165, 1.54) is 63.7 Å². The van der Waals surface area contributed by atoms with Crippen LogP contribution in [0, 0.1) is 23.7 Å². The molecule has 0 amide bonds. The van der Waals surface area contributed by atoms with E-state index in [9.17, 15) is 13.0 Å².